The molecule has 0 radical (unpaired) electrons. The molecule has 0 aliphatic carbocycles. The van der Waals surface area contributed by atoms with Crippen molar-refractivity contribution in [2.45, 2.75) is 0 Å². The van der Waals surface area contributed by atoms with Gasteiger partial charge in [-0.25, -0.2) is 4.79 Å². The van der Waals surface area contributed by atoms with Crippen LogP contribution in [-0.2, 0) is 11.8 Å². The second-order valence-electron chi connectivity index (χ2n) is 3.87. The molecule has 0 aliphatic rings. The molecule has 1 rings (SSSR count). The maximum absolute atomic E-state index is 11.7. The van der Waals surface area contributed by atoms with Crippen molar-refractivity contribution in [2.75, 3.05) is 33.4 Å². The van der Waals surface area contributed by atoms with Crippen molar-refractivity contribution in [3.05, 3.63) is 32.6 Å². The van der Waals surface area contributed by atoms with Crippen LogP contribution in [0.5, 0.6) is 0 Å². The van der Waals surface area contributed by atoms with Crippen LogP contribution in [0.3, 0.4) is 0 Å². The molecule has 1 aromatic heterocycles. The largest absolute Gasteiger partial charge is 0.383 e. The van der Waals surface area contributed by atoms with Gasteiger partial charge in [0.2, 0.25) is 0 Å². The Morgan fingerprint density at radius 3 is 2.79 bits per heavy atom. The summed E-state index contributed by atoms with van der Waals surface area (Å²) in [6.07, 6.45) is 1.12. The molecule has 0 saturated carbocycles. The summed E-state index contributed by atoms with van der Waals surface area (Å²) in [5.41, 5.74) is -1.25. The van der Waals surface area contributed by atoms with Gasteiger partial charge < -0.3 is 20.4 Å². The van der Waals surface area contributed by atoms with Crippen molar-refractivity contribution in [2.24, 2.45) is 7.05 Å². The van der Waals surface area contributed by atoms with E-state index in [1.165, 1.54) is 7.05 Å². The van der Waals surface area contributed by atoms with E-state index in [4.69, 9.17) is 4.74 Å². The molecule has 106 valence electrons. The van der Waals surface area contributed by atoms with Crippen molar-refractivity contribution in [3.8, 4) is 0 Å². The number of aromatic nitrogens is 2. The van der Waals surface area contributed by atoms with Crippen LogP contribution >= 0.6 is 0 Å². The number of hydrogen-bond acceptors (Lipinski definition) is 5. The van der Waals surface area contributed by atoms with Gasteiger partial charge in [0.1, 0.15) is 5.56 Å². The van der Waals surface area contributed by atoms with Gasteiger partial charge in [0.05, 0.1) is 6.61 Å². The summed E-state index contributed by atoms with van der Waals surface area (Å²) in [5.74, 6) is -0.509. The first-order valence-electron chi connectivity index (χ1n) is 5.84. The van der Waals surface area contributed by atoms with Crippen LogP contribution in [-0.4, -0.2) is 48.8 Å². The summed E-state index contributed by atoms with van der Waals surface area (Å²) in [6.45, 7) is 2.23. The van der Waals surface area contributed by atoms with Gasteiger partial charge in [0.15, 0.2) is 0 Å². The van der Waals surface area contributed by atoms with Crippen molar-refractivity contribution in [3.63, 3.8) is 0 Å². The first kappa shape index (κ1) is 15.1. The summed E-state index contributed by atoms with van der Waals surface area (Å²) in [7, 11) is 2.92. The summed E-state index contributed by atoms with van der Waals surface area (Å²) in [4.78, 5) is 36.8. The van der Waals surface area contributed by atoms with E-state index in [9.17, 15) is 14.4 Å². The molecule has 0 unspecified atom stereocenters. The van der Waals surface area contributed by atoms with E-state index in [0.717, 1.165) is 10.8 Å². The number of amides is 1. The third kappa shape index (κ3) is 4.34. The predicted molar refractivity (Wildman–Crippen MR) is 69.4 cm³/mol. The monoisotopic (exact) mass is 270 g/mol. The van der Waals surface area contributed by atoms with Crippen molar-refractivity contribution in [1.82, 2.24) is 20.2 Å². The molecular formula is C11H18N4O4. The van der Waals surface area contributed by atoms with E-state index in [1.54, 1.807) is 7.11 Å². The van der Waals surface area contributed by atoms with E-state index in [2.05, 4.69) is 15.6 Å². The van der Waals surface area contributed by atoms with Crippen LogP contribution in [0.1, 0.15) is 10.4 Å². The third-order valence-corrected chi connectivity index (χ3v) is 2.49. The zero-order valence-electron chi connectivity index (χ0n) is 11.0. The van der Waals surface area contributed by atoms with E-state index in [-0.39, 0.29) is 5.56 Å². The van der Waals surface area contributed by atoms with Gasteiger partial charge in [-0.05, 0) is 0 Å². The highest BCUT2D eigenvalue weighted by Gasteiger charge is 2.11. The minimum Gasteiger partial charge on any atom is -0.383 e. The lowest BCUT2D eigenvalue weighted by Gasteiger charge is -2.06. The molecule has 0 saturated heterocycles. The lowest BCUT2D eigenvalue weighted by molar-refractivity contribution is 0.0951. The third-order valence-electron chi connectivity index (χ3n) is 2.49. The predicted octanol–water partition coefficient (Wildman–Crippen LogP) is -1.96. The molecule has 0 atom stereocenters. The summed E-state index contributed by atoms with van der Waals surface area (Å²) in [5, 5.41) is 5.63. The van der Waals surface area contributed by atoms with E-state index in [1.807, 2.05) is 0 Å². The highest BCUT2D eigenvalue weighted by molar-refractivity contribution is 5.93. The minimum atomic E-state index is -0.617. The van der Waals surface area contributed by atoms with Crippen LogP contribution < -0.4 is 21.9 Å². The number of nitrogens with one attached hydrogen (secondary N) is 3. The second-order valence-corrected chi connectivity index (χ2v) is 3.87. The fraction of sp³-hybridized carbons (Fsp3) is 0.545. The van der Waals surface area contributed by atoms with Gasteiger partial charge in [-0.15, -0.1) is 0 Å². The Morgan fingerprint density at radius 2 is 2.11 bits per heavy atom. The van der Waals surface area contributed by atoms with Crippen LogP contribution in [0.2, 0.25) is 0 Å². The van der Waals surface area contributed by atoms with E-state index >= 15 is 0 Å². The Labute approximate surface area is 109 Å². The first-order chi connectivity index (χ1) is 9.07. The lowest BCUT2D eigenvalue weighted by atomic mass is 10.3. The fourth-order valence-electron chi connectivity index (χ4n) is 1.39. The Kier molecular flexibility index (Phi) is 5.97. The molecule has 3 N–H and O–H groups in total. The summed E-state index contributed by atoms with van der Waals surface area (Å²) >= 11 is 0. The van der Waals surface area contributed by atoms with Crippen LogP contribution in [0.15, 0.2) is 15.8 Å². The molecule has 0 aliphatic heterocycles. The van der Waals surface area contributed by atoms with Gasteiger partial charge in [0.25, 0.3) is 11.5 Å². The van der Waals surface area contributed by atoms with Crippen LogP contribution in [0, 0.1) is 0 Å². The number of rotatable bonds is 7. The number of methoxy groups -OCH3 is 1. The number of aromatic amines is 1. The van der Waals surface area contributed by atoms with Crippen LogP contribution in [0.25, 0.3) is 0 Å². The summed E-state index contributed by atoms with van der Waals surface area (Å²) in [6, 6.07) is 0. The molecule has 1 amide bonds. The Hall–Kier alpha value is -1.93. The average molecular weight is 270 g/mol. The zero-order valence-corrected chi connectivity index (χ0v) is 11.0. The van der Waals surface area contributed by atoms with Gasteiger partial charge in [-0.2, -0.15) is 0 Å². The maximum atomic E-state index is 11.7. The average Bonchev–Trinajstić information content (AvgIpc) is 2.40. The molecule has 0 spiro atoms. The quantitative estimate of drug-likeness (QED) is 0.499. The Morgan fingerprint density at radius 1 is 1.37 bits per heavy atom. The van der Waals surface area contributed by atoms with E-state index < -0.39 is 17.2 Å². The topological polar surface area (TPSA) is 105 Å². The molecule has 8 heteroatoms. The highest BCUT2D eigenvalue weighted by atomic mass is 16.5. The molecule has 0 aromatic carbocycles. The minimum absolute atomic E-state index is 0.0843. The van der Waals surface area contributed by atoms with Crippen LogP contribution in [0.4, 0.5) is 0 Å². The van der Waals surface area contributed by atoms with Gasteiger partial charge >= 0.3 is 5.69 Å². The molecule has 8 nitrogen and oxygen atoms in total. The van der Waals surface area contributed by atoms with Crippen molar-refractivity contribution in [1.29, 1.82) is 0 Å². The van der Waals surface area contributed by atoms with Gasteiger partial charge in [0, 0.05) is 40.0 Å². The number of H-pyrrole nitrogens is 1. The van der Waals surface area contributed by atoms with Crippen molar-refractivity contribution >= 4 is 5.91 Å². The van der Waals surface area contributed by atoms with Gasteiger partial charge in [-0.1, -0.05) is 0 Å². The standard InChI is InChI=1S/C11H18N4O4/c1-15-10(17)8(7-14-11(15)18)9(16)13-4-3-12-5-6-19-2/h7,12H,3-6H2,1-2H3,(H,13,16)(H,14,18). The van der Waals surface area contributed by atoms with E-state index in [0.29, 0.717) is 26.2 Å². The molecule has 0 bridgehead atoms. The molecule has 0 fully saturated rings. The Bertz CT molecular complexity index is 534. The highest BCUT2D eigenvalue weighted by Crippen LogP contribution is 1.84. The molecule has 1 aromatic rings. The summed E-state index contributed by atoms with van der Waals surface area (Å²) < 4.78 is 5.70. The zero-order chi connectivity index (χ0) is 14.3. The van der Waals surface area contributed by atoms with Crippen molar-refractivity contribution < 1.29 is 9.53 Å². The van der Waals surface area contributed by atoms with Gasteiger partial charge in [-0.3, -0.25) is 14.2 Å². The number of hydrogen-bond donors (Lipinski definition) is 3. The maximum Gasteiger partial charge on any atom is 0.328 e. The lowest BCUT2D eigenvalue weighted by Crippen LogP contribution is -2.40. The molecule has 19 heavy (non-hydrogen) atoms. The smallest absolute Gasteiger partial charge is 0.328 e. The normalized spacial score (nSPS) is 10.4. The Balaban J connectivity index is 2.49. The number of carbonyl (C=O) groups excluding carboxylic acids is 1. The second kappa shape index (κ2) is 7.49. The molecule has 1 heterocycles. The number of ether oxygens (including phenoxy) is 1. The fourth-order valence-corrected chi connectivity index (χ4v) is 1.39. The first-order valence-corrected chi connectivity index (χ1v) is 5.84. The molecular weight excluding hydrogens is 252 g/mol. The SMILES string of the molecule is COCCNCCNC(=O)c1c[nH]c(=O)n(C)c1=O. The number of nitrogens with zero attached hydrogens (tertiary/aromatic N) is 1. The number of carbonyl (C=O) groups is 1.